The van der Waals surface area contributed by atoms with Crippen molar-refractivity contribution >= 4 is 23.1 Å². The third kappa shape index (κ3) is 4.03. The summed E-state index contributed by atoms with van der Waals surface area (Å²) in [7, 11) is 1.51. The van der Waals surface area contributed by atoms with E-state index < -0.39 is 28.4 Å². The number of hydrogen-bond acceptors (Lipinski definition) is 7. The van der Waals surface area contributed by atoms with Gasteiger partial charge in [0.15, 0.2) is 0 Å². The van der Waals surface area contributed by atoms with Crippen molar-refractivity contribution in [2.24, 2.45) is 0 Å². The minimum absolute atomic E-state index is 0.0415. The minimum Gasteiger partial charge on any atom is -0.507 e. The van der Waals surface area contributed by atoms with Gasteiger partial charge in [0, 0.05) is 35.7 Å². The number of non-ortho nitro benzene ring substituents is 1. The number of amides is 1. The molecule has 1 atom stereocenters. The van der Waals surface area contributed by atoms with Crippen LogP contribution in [-0.4, -0.2) is 38.7 Å². The predicted octanol–water partition coefficient (Wildman–Crippen LogP) is 3.62. The fraction of sp³-hybridized carbons (Fsp3) is 0.125. The lowest BCUT2D eigenvalue weighted by Crippen LogP contribution is -2.29. The number of aliphatic hydroxyl groups excluding tert-OH is 1. The van der Waals surface area contributed by atoms with Crippen molar-refractivity contribution < 1.29 is 24.4 Å². The first-order chi connectivity index (χ1) is 15.9. The smallest absolute Gasteiger partial charge is 0.295 e. The van der Waals surface area contributed by atoms with Crippen LogP contribution in [0.2, 0.25) is 0 Å². The SMILES string of the molecule is COc1ccccc1CN1C(=O)C(=O)/C(=C(\O)c2cccc([N+](=O)[O-])c2)C1c1cccnc1. The minimum atomic E-state index is -0.942. The molecule has 0 saturated carbocycles. The Hall–Kier alpha value is -4.53. The van der Waals surface area contributed by atoms with Gasteiger partial charge in [-0.3, -0.25) is 24.7 Å². The number of aromatic nitrogens is 1. The highest BCUT2D eigenvalue weighted by molar-refractivity contribution is 6.46. The Morgan fingerprint density at radius 3 is 2.64 bits per heavy atom. The molecule has 0 bridgehead atoms. The van der Waals surface area contributed by atoms with Gasteiger partial charge in [0.05, 0.1) is 30.2 Å². The predicted molar refractivity (Wildman–Crippen MR) is 118 cm³/mol. The van der Waals surface area contributed by atoms with E-state index >= 15 is 0 Å². The van der Waals surface area contributed by atoms with E-state index in [-0.39, 0.29) is 23.4 Å². The number of benzene rings is 2. The summed E-state index contributed by atoms with van der Waals surface area (Å²) >= 11 is 0. The van der Waals surface area contributed by atoms with Crippen molar-refractivity contribution in [2.75, 3.05) is 7.11 Å². The normalized spacial score (nSPS) is 17.2. The molecule has 166 valence electrons. The number of hydrogen-bond donors (Lipinski definition) is 1. The van der Waals surface area contributed by atoms with Crippen LogP contribution in [0.15, 0.2) is 78.6 Å². The number of nitro groups is 1. The van der Waals surface area contributed by atoms with E-state index in [0.717, 1.165) is 6.07 Å². The van der Waals surface area contributed by atoms with Gasteiger partial charge in [0.2, 0.25) is 0 Å². The monoisotopic (exact) mass is 445 g/mol. The molecule has 2 aromatic carbocycles. The summed E-state index contributed by atoms with van der Waals surface area (Å²) in [6.45, 7) is 0.0415. The van der Waals surface area contributed by atoms with E-state index in [9.17, 15) is 24.8 Å². The van der Waals surface area contributed by atoms with Gasteiger partial charge in [-0.25, -0.2) is 0 Å². The van der Waals surface area contributed by atoms with Crippen LogP contribution in [0.3, 0.4) is 0 Å². The number of likely N-dealkylation sites (tertiary alicyclic amines) is 1. The second kappa shape index (κ2) is 8.91. The summed E-state index contributed by atoms with van der Waals surface area (Å²) in [6, 6.07) is 14.8. The van der Waals surface area contributed by atoms with E-state index in [2.05, 4.69) is 4.98 Å². The van der Waals surface area contributed by atoms with E-state index in [4.69, 9.17) is 4.74 Å². The molecule has 0 spiro atoms. The molecule has 9 heteroatoms. The van der Waals surface area contributed by atoms with Gasteiger partial charge in [0.1, 0.15) is 11.5 Å². The van der Waals surface area contributed by atoms with Crippen molar-refractivity contribution in [3.8, 4) is 5.75 Å². The number of carbonyl (C=O) groups is 2. The Morgan fingerprint density at radius 1 is 1.15 bits per heavy atom. The second-order valence-corrected chi connectivity index (χ2v) is 7.33. The fourth-order valence-electron chi connectivity index (χ4n) is 3.87. The van der Waals surface area contributed by atoms with Crippen LogP contribution in [0.25, 0.3) is 5.76 Å². The van der Waals surface area contributed by atoms with Crippen molar-refractivity contribution in [3.05, 3.63) is 105 Å². The fourth-order valence-corrected chi connectivity index (χ4v) is 3.87. The average Bonchev–Trinajstić information content (AvgIpc) is 3.09. The number of Topliss-reactive ketones (excluding diaryl/α,β-unsaturated/α-hetero) is 1. The zero-order valence-electron chi connectivity index (χ0n) is 17.5. The molecular formula is C24H19N3O6. The number of pyridine rings is 1. The van der Waals surface area contributed by atoms with Gasteiger partial charge in [-0.1, -0.05) is 36.4 Å². The number of nitro benzene ring substituents is 1. The van der Waals surface area contributed by atoms with Crippen molar-refractivity contribution in [1.82, 2.24) is 9.88 Å². The second-order valence-electron chi connectivity index (χ2n) is 7.33. The summed E-state index contributed by atoms with van der Waals surface area (Å²) in [5.74, 6) is -1.64. The average molecular weight is 445 g/mol. The van der Waals surface area contributed by atoms with E-state index in [1.54, 1.807) is 42.6 Å². The van der Waals surface area contributed by atoms with Crippen molar-refractivity contribution in [2.45, 2.75) is 12.6 Å². The summed E-state index contributed by atoms with van der Waals surface area (Å²) in [5, 5.41) is 22.2. The molecule has 1 unspecified atom stereocenters. The van der Waals surface area contributed by atoms with Gasteiger partial charge < -0.3 is 14.7 Å². The van der Waals surface area contributed by atoms with Crippen LogP contribution in [0, 0.1) is 10.1 Å². The Balaban J connectivity index is 1.87. The quantitative estimate of drug-likeness (QED) is 0.202. The number of carbonyl (C=O) groups excluding carboxylic acids is 2. The Labute approximate surface area is 188 Å². The lowest BCUT2D eigenvalue weighted by atomic mass is 9.96. The maximum atomic E-state index is 13.1. The van der Waals surface area contributed by atoms with Gasteiger partial charge in [-0.2, -0.15) is 0 Å². The molecule has 3 aromatic rings. The zero-order chi connectivity index (χ0) is 23.5. The van der Waals surface area contributed by atoms with Crippen LogP contribution >= 0.6 is 0 Å². The largest absolute Gasteiger partial charge is 0.507 e. The number of rotatable bonds is 6. The molecule has 1 amide bonds. The van der Waals surface area contributed by atoms with Crippen LogP contribution in [-0.2, 0) is 16.1 Å². The number of para-hydroxylation sites is 1. The zero-order valence-corrected chi connectivity index (χ0v) is 17.5. The number of aliphatic hydroxyl groups is 1. The highest BCUT2D eigenvalue weighted by Gasteiger charge is 2.46. The van der Waals surface area contributed by atoms with E-state index in [1.165, 1.54) is 36.4 Å². The number of ether oxygens (including phenoxy) is 1. The van der Waals surface area contributed by atoms with Gasteiger partial charge >= 0.3 is 0 Å². The summed E-state index contributed by atoms with van der Waals surface area (Å²) < 4.78 is 5.38. The van der Waals surface area contributed by atoms with E-state index in [1.807, 2.05) is 0 Å². The van der Waals surface area contributed by atoms with Crippen LogP contribution in [0.5, 0.6) is 5.75 Å². The van der Waals surface area contributed by atoms with Crippen LogP contribution in [0.1, 0.15) is 22.7 Å². The Morgan fingerprint density at radius 2 is 1.94 bits per heavy atom. The van der Waals surface area contributed by atoms with Crippen molar-refractivity contribution in [1.29, 1.82) is 0 Å². The molecule has 1 fully saturated rings. The third-order valence-electron chi connectivity index (χ3n) is 5.40. The molecule has 1 N–H and O–H groups in total. The highest BCUT2D eigenvalue weighted by Crippen LogP contribution is 2.41. The van der Waals surface area contributed by atoms with Gasteiger partial charge in [-0.15, -0.1) is 0 Å². The first-order valence-corrected chi connectivity index (χ1v) is 9.97. The molecule has 9 nitrogen and oxygen atoms in total. The summed E-state index contributed by atoms with van der Waals surface area (Å²) in [4.78, 5) is 42.2. The molecule has 33 heavy (non-hydrogen) atoms. The van der Waals surface area contributed by atoms with Gasteiger partial charge in [0.25, 0.3) is 17.4 Å². The first kappa shape index (κ1) is 21.7. The summed E-state index contributed by atoms with van der Waals surface area (Å²) in [5.41, 5.74) is 0.835. The molecule has 2 heterocycles. The molecule has 1 saturated heterocycles. The highest BCUT2D eigenvalue weighted by atomic mass is 16.6. The summed E-state index contributed by atoms with van der Waals surface area (Å²) in [6.07, 6.45) is 3.06. The van der Waals surface area contributed by atoms with Crippen molar-refractivity contribution in [3.63, 3.8) is 0 Å². The Bertz CT molecular complexity index is 1270. The molecular weight excluding hydrogens is 426 g/mol. The maximum absolute atomic E-state index is 13.1. The third-order valence-corrected chi connectivity index (χ3v) is 5.40. The Kier molecular flexibility index (Phi) is 5.86. The molecule has 1 aliphatic rings. The molecule has 1 aliphatic heterocycles. The standard InChI is InChI=1S/C24H19N3O6/c1-33-19-10-3-2-6-17(19)14-26-21(16-8-5-11-25-13-16)20(23(29)24(26)30)22(28)15-7-4-9-18(12-15)27(31)32/h2-13,21,28H,14H2,1H3/b22-20-. The topological polar surface area (TPSA) is 123 Å². The molecule has 1 aromatic heterocycles. The van der Waals surface area contributed by atoms with E-state index in [0.29, 0.717) is 16.9 Å². The number of ketones is 1. The van der Waals surface area contributed by atoms with Crippen LogP contribution in [0.4, 0.5) is 5.69 Å². The molecule has 0 radical (unpaired) electrons. The van der Waals surface area contributed by atoms with Gasteiger partial charge in [-0.05, 0) is 17.7 Å². The first-order valence-electron chi connectivity index (χ1n) is 9.97. The molecule has 4 rings (SSSR count). The number of methoxy groups -OCH3 is 1. The lowest BCUT2D eigenvalue weighted by molar-refractivity contribution is -0.384. The maximum Gasteiger partial charge on any atom is 0.295 e. The number of nitrogens with zero attached hydrogens (tertiary/aromatic N) is 3. The molecule has 0 aliphatic carbocycles. The lowest BCUT2D eigenvalue weighted by Gasteiger charge is -2.25. The van der Waals surface area contributed by atoms with Crippen LogP contribution < -0.4 is 4.74 Å².